The van der Waals surface area contributed by atoms with Gasteiger partial charge in [-0.05, 0) is 12.1 Å². The Morgan fingerprint density at radius 2 is 2.29 bits per heavy atom. The number of aliphatic hydroxyl groups excluding tert-OH is 1. The predicted octanol–water partition coefficient (Wildman–Crippen LogP) is 0.400. The minimum Gasteiger partial charge on any atom is -0.481 e. The Balaban J connectivity index is 2.66. The van der Waals surface area contributed by atoms with E-state index in [1.807, 2.05) is 0 Å². The van der Waals surface area contributed by atoms with Gasteiger partial charge in [-0.3, -0.25) is 9.78 Å². The van der Waals surface area contributed by atoms with Gasteiger partial charge in [0.1, 0.15) is 6.42 Å². The summed E-state index contributed by atoms with van der Waals surface area (Å²) in [6.45, 7) is -0.108. The van der Waals surface area contributed by atoms with Crippen molar-refractivity contribution in [1.29, 1.82) is 0 Å². The molecule has 72 valence electrons. The van der Waals surface area contributed by atoms with Crippen molar-refractivity contribution in [1.82, 2.24) is 4.98 Å². The number of hydrogen-bond acceptors (Lipinski definition) is 3. The molecule has 0 atom stereocenters. The van der Waals surface area contributed by atoms with E-state index < -0.39 is 5.97 Å². The first-order chi connectivity index (χ1) is 6.72. The molecule has 0 spiro atoms. The summed E-state index contributed by atoms with van der Waals surface area (Å²) in [5.74, 6) is 4.19. The van der Waals surface area contributed by atoms with Crippen LogP contribution < -0.4 is 0 Å². The van der Waals surface area contributed by atoms with E-state index in [1.54, 1.807) is 12.1 Å². The third kappa shape index (κ3) is 3.25. The van der Waals surface area contributed by atoms with Crippen molar-refractivity contribution >= 4 is 5.97 Å². The fourth-order valence-electron chi connectivity index (χ4n) is 0.814. The summed E-state index contributed by atoms with van der Waals surface area (Å²) < 4.78 is 0. The highest BCUT2D eigenvalue weighted by Gasteiger charge is 1.92. The highest BCUT2D eigenvalue weighted by atomic mass is 16.4. The molecular weight excluding hydrogens is 182 g/mol. The molecule has 14 heavy (non-hydrogen) atoms. The first-order valence-corrected chi connectivity index (χ1v) is 3.99. The number of aliphatic hydroxyl groups is 1. The summed E-state index contributed by atoms with van der Waals surface area (Å²) in [6, 6.07) is 3.33. The molecule has 0 amide bonds. The van der Waals surface area contributed by atoms with Crippen LogP contribution in [0.1, 0.15) is 17.7 Å². The van der Waals surface area contributed by atoms with Gasteiger partial charge >= 0.3 is 5.97 Å². The van der Waals surface area contributed by atoms with Crippen LogP contribution in [0.4, 0.5) is 0 Å². The SMILES string of the molecule is O=C(O)CC#Cc1ccc(CO)nc1. The van der Waals surface area contributed by atoms with Crippen molar-refractivity contribution in [3.63, 3.8) is 0 Å². The van der Waals surface area contributed by atoms with Crippen molar-refractivity contribution < 1.29 is 15.0 Å². The summed E-state index contributed by atoms with van der Waals surface area (Å²) in [6.07, 6.45) is 1.32. The zero-order chi connectivity index (χ0) is 10.4. The maximum atomic E-state index is 10.1. The van der Waals surface area contributed by atoms with E-state index in [4.69, 9.17) is 10.2 Å². The van der Waals surface area contributed by atoms with E-state index >= 15 is 0 Å². The fourth-order valence-corrected chi connectivity index (χ4v) is 0.814. The topological polar surface area (TPSA) is 70.4 Å². The van der Waals surface area contributed by atoms with E-state index in [1.165, 1.54) is 6.20 Å². The molecule has 0 radical (unpaired) electrons. The van der Waals surface area contributed by atoms with Crippen LogP contribution in [0.25, 0.3) is 0 Å². The monoisotopic (exact) mass is 191 g/mol. The first-order valence-electron chi connectivity index (χ1n) is 3.99. The van der Waals surface area contributed by atoms with Crippen LogP contribution in [0.2, 0.25) is 0 Å². The number of hydrogen-bond donors (Lipinski definition) is 2. The van der Waals surface area contributed by atoms with Crippen LogP contribution in [0.15, 0.2) is 18.3 Å². The number of carbonyl (C=O) groups is 1. The molecule has 0 aliphatic carbocycles. The van der Waals surface area contributed by atoms with Crippen LogP contribution in [-0.4, -0.2) is 21.2 Å². The molecule has 0 saturated heterocycles. The summed E-state index contributed by atoms with van der Waals surface area (Å²) >= 11 is 0. The average Bonchev–Trinajstić information content (AvgIpc) is 2.18. The summed E-state index contributed by atoms with van der Waals surface area (Å²) in [4.78, 5) is 14.0. The second-order valence-corrected chi connectivity index (χ2v) is 2.57. The highest BCUT2D eigenvalue weighted by molar-refractivity contribution is 5.70. The van der Waals surface area contributed by atoms with Crippen molar-refractivity contribution in [2.75, 3.05) is 0 Å². The number of carboxylic acids is 1. The second kappa shape index (κ2) is 5.00. The molecule has 4 nitrogen and oxygen atoms in total. The highest BCUT2D eigenvalue weighted by Crippen LogP contribution is 1.98. The maximum absolute atomic E-state index is 10.1. The van der Waals surface area contributed by atoms with E-state index in [9.17, 15) is 4.79 Å². The molecule has 0 saturated carbocycles. The predicted molar refractivity (Wildman–Crippen MR) is 49.3 cm³/mol. The standard InChI is InChI=1S/C10H9NO3/c12-7-9-5-4-8(6-11-9)2-1-3-10(13)14/h4-6,12H,3,7H2,(H,13,14). The van der Waals surface area contributed by atoms with Gasteiger partial charge in [0, 0.05) is 11.8 Å². The molecule has 0 unspecified atom stereocenters. The van der Waals surface area contributed by atoms with E-state index in [0.29, 0.717) is 11.3 Å². The Hall–Kier alpha value is -1.86. The molecule has 0 aliphatic heterocycles. The fraction of sp³-hybridized carbons (Fsp3) is 0.200. The number of aliphatic carboxylic acids is 1. The van der Waals surface area contributed by atoms with Crippen LogP contribution >= 0.6 is 0 Å². The molecular formula is C10H9NO3. The number of carboxylic acid groups (broad SMARTS) is 1. The van der Waals surface area contributed by atoms with Gasteiger partial charge in [-0.15, -0.1) is 0 Å². The molecule has 0 bridgehead atoms. The lowest BCUT2D eigenvalue weighted by Crippen LogP contribution is -1.91. The minimum atomic E-state index is -0.947. The van der Waals surface area contributed by atoms with Crippen molar-refractivity contribution in [3.05, 3.63) is 29.6 Å². The molecule has 2 N–H and O–H groups in total. The lowest BCUT2D eigenvalue weighted by molar-refractivity contribution is -0.135. The van der Waals surface area contributed by atoms with E-state index in [-0.39, 0.29) is 13.0 Å². The van der Waals surface area contributed by atoms with Crippen molar-refractivity contribution in [3.8, 4) is 11.8 Å². The van der Waals surface area contributed by atoms with E-state index in [0.717, 1.165) is 0 Å². The van der Waals surface area contributed by atoms with Gasteiger partial charge in [0.2, 0.25) is 0 Å². The van der Waals surface area contributed by atoms with Gasteiger partial charge in [0.05, 0.1) is 12.3 Å². The van der Waals surface area contributed by atoms with E-state index in [2.05, 4.69) is 16.8 Å². The van der Waals surface area contributed by atoms with Gasteiger partial charge in [-0.25, -0.2) is 0 Å². The largest absolute Gasteiger partial charge is 0.481 e. The first kappa shape index (κ1) is 10.2. The normalized spacial score (nSPS) is 8.93. The number of nitrogens with zero attached hydrogens (tertiary/aromatic N) is 1. The third-order valence-electron chi connectivity index (χ3n) is 1.46. The molecule has 1 aromatic heterocycles. The zero-order valence-corrected chi connectivity index (χ0v) is 7.40. The molecule has 1 rings (SSSR count). The quantitative estimate of drug-likeness (QED) is 0.664. The Morgan fingerprint density at radius 3 is 2.79 bits per heavy atom. The Morgan fingerprint density at radius 1 is 1.50 bits per heavy atom. The van der Waals surface area contributed by atoms with Crippen molar-refractivity contribution in [2.45, 2.75) is 13.0 Å². The lowest BCUT2D eigenvalue weighted by Gasteiger charge is -1.93. The van der Waals surface area contributed by atoms with Crippen LogP contribution in [-0.2, 0) is 11.4 Å². The maximum Gasteiger partial charge on any atom is 0.315 e. The molecule has 1 heterocycles. The Labute approximate surface area is 81.2 Å². The summed E-state index contributed by atoms with van der Waals surface area (Å²) in [5, 5.41) is 17.0. The minimum absolute atomic E-state index is 0.108. The van der Waals surface area contributed by atoms with Crippen LogP contribution in [0.3, 0.4) is 0 Å². The number of rotatable bonds is 2. The molecule has 0 fully saturated rings. The Kier molecular flexibility index (Phi) is 3.65. The van der Waals surface area contributed by atoms with Crippen molar-refractivity contribution in [2.24, 2.45) is 0 Å². The lowest BCUT2D eigenvalue weighted by atomic mass is 10.2. The average molecular weight is 191 g/mol. The van der Waals surface area contributed by atoms with Gasteiger partial charge in [0.15, 0.2) is 0 Å². The molecule has 0 aliphatic rings. The van der Waals surface area contributed by atoms with Gasteiger partial charge in [-0.2, -0.15) is 0 Å². The van der Waals surface area contributed by atoms with Crippen LogP contribution in [0.5, 0.6) is 0 Å². The summed E-state index contributed by atoms with van der Waals surface area (Å²) in [7, 11) is 0. The molecule has 4 heteroatoms. The number of pyridine rings is 1. The second-order valence-electron chi connectivity index (χ2n) is 2.57. The molecule has 1 aromatic rings. The molecule has 0 aromatic carbocycles. The van der Waals surface area contributed by atoms with Gasteiger partial charge in [-0.1, -0.05) is 11.8 Å². The summed E-state index contributed by atoms with van der Waals surface area (Å²) in [5.41, 5.74) is 1.21. The zero-order valence-electron chi connectivity index (χ0n) is 7.40. The Bertz CT molecular complexity index is 373. The third-order valence-corrected chi connectivity index (χ3v) is 1.46. The smallest absolute Gasteiger partial charge is 0.315 e. The number of aromatic nitrogens is 1. The van der Waals surface area contributed by atoms with Gasteiger partial charge in [0.25, 0.3) is 0 Å². The van der Waals surface area contributed by atoms with Gasteiger partial charge < -0.3 is 10.2 Å². The van der Waals surface area contributed by atoms with Crippen LogP contribution in [0, 0.1) is 11.8 Å².